The highest BCUT2D eigenvalue weighted by Crippen LogP contribution is 2.19. The van der Waals surface area contributed by atoms with Gasteiger partial charge in [-0.05, 0) is 24.1 Å². The monoisotopic (exact) mass is 309 g/mol. The smallest absolute Gasteiger partial charge is 0.195 e. The van der Waals surface area contributed by atoms with Crippen molar-refractivity contribution in [1.29, 1.82) is 0 Å². The van der Waals surface area contributed by atoms with Gasteiger partial charge in [-0.25, -0.2) is 4.98 Å². The van der Waals surface area contributed by atoms with Crippen molar-refractivity contribution in [1.82, 2.24) is 4.98 Å². The fourth-order valence-electron chi connectivity index (χ4n) is 1.84. The molecule has 96 valence electrons. The fourth-order valence-corrected chi connectivity index (χ4v) is 2.03. The number of alkyl halides is 1. The van der Waals surface area contributed by atoms with Crippen LogP contribution in [0.2, 0.25) is 0 Å². The molecule has 0 radical (unpaired) electrons. The Labute approximate surface area is 115 Å². The maximum absolute atomic E-state index is 11.4. The normalized spacial score (nSPS) is 11.0. The highest BCUT2D eigenvalue weighted by molar-refractivity contribution is 9.09. The number of carbonyl (C=O) groups is 1. The molecule has 0 aliphatic rings. The van der Waals surface area contributed by atoms with Crippen molar-refractivity contribution in [3.05, 3.63) is 29.7 Å². The van der Waals surface area contributed by atoms with Crippen LogP contribution in [-0.4, -0.2) is 16.1 Å². The predicted octanol–water partition coefficient (Wildman–Crippen LogP) is 3.68. The summed E-state index contributed by atoms with van der Waals surface area (Å²) in [6.07, 6.45) is 3.53. The number of rotatable bonds is 6. The van der Waals surface area contributed by atoms with Crippen LogP contribution in [0.4, 0.5) is 0 Å². The van der Waals surface area contributed by atoms with E-state index >= 15 is 0 Å². The number of hydrogen-bond acceptors (Lipinski definition) is 3. The maximum atomic E-state index is 11.4. The Bertz CT molecular complexity index is 548. The van der Waals surface area contributed by atoms with Crippen LogP contribution in [0.15, 0.2) is 22.6 Å². The van der Waals surface area contributed by atoms with Gasteiger partial charge < -0.3 is 4.42 Å². The first kappa shape index (κ1) is 13.3. The van der Waals surface area contributed by atoms with Gasteiger partial charge in [-0.2, -0.15) is 0 Å². The van der Waals surface area contributed by atoms with Crippen molar-refractivity contribution in [2.24, 2.45) is 0 Å². The third-order valence-electron chi connectivity index (χ3n) is 2.79. The summed E-state index contributed by atoms with van der Waals surface area (Å²) in [5.41, 5.74) is 2.63. The lowest BCUT2D eigenvalue weighted by molar-refractivity contribution is -0.115. The number of oxazole rings is 1. The first-order valence-corrected chi connectivity index (χ1v) is 7.31. The molecule has 0 bridgehead atoms. The molecule has 0 saturated carbocycles. The lowest BCUT2D eigenvalue weighted by Crippen LogP contribution is -2.02. The summed E-state index contributed by atoms with van der Waals surface area (Å²) in [7, 11) is 0. The number of aryl methyl sites for hydroxylation is 1. The standard InChI is InChI=1S/C14H16BrNO2/c1-2-3-4-14-16-12-6-5-10(7-11(17)9-15)8-13(12)18-14/h5-6,8H,2-4,7,9H2,1H3. The Morgan fingerprint density at radius 3 is 3.00 bits per heavy atom. The molecule has 2 aromatic rings. The molecule has 0 aliphatic heterocycles. The topological polar surface area (TPSA) is 43.1 Å². The lowest BCUT2D eigenvalue weighted by atomic mass is 10.1. The van der Waals surface area contributed by atoms with E-state index in [2.05, 4.69) is 27.8 Å². The predicted molar refractivity (Wildman–Crippen MR) is 75.1 cm³/mol. The number of unbranched alkanes of at least 4 members (excludes halogenated alkanes) is 1. The highest BCUT2D eigenvalue weighted by Gasteiger charge is 2.08. The number of fused-ring (bicyclic) bond motifs is 1. The van der Waals surface area contributed by atoms with E-state index in [1.807, 2.05) is 18.2 Å². The average Bonchev–Trinajstić information content (AvgIpc) is 2.78. The molecular formula is C14H16BrNO2. The van der Waals surface area contributed by atoms with Crippen LogP contribution < -0.4 is 0 Å². The average molecular weight is 310 g/mol. The zero-order valence-corrected chi connectivity index (χ0v) is 12.0. The molecule has 1 aromatic heterocycles. The van der Waals surface area contributed by atoms with Gasteiger partial charge in [-0.1, -0.05) is 35.3 Å². The van der Waals surface area contributed by atoms with Gasteiger partial charge in [0, 0.05) is 12.8 Å². The zero-order valence-electron chi connectivity index (χ0n) is 10.4. The SMILES string of the molecule is CCCCc1nc2ccc(CC(=O)CBr)cc2o1. The summed E-state index contributed by atoms with van der Waals surface area (Å²) >= 11 is 3.17. The van der Waals surface area contributed by atoms with Crippen molar-refractivity contribution in [2.45, 2.75) is 32.6 Å². The van der Waals surface area contributed by atoms with Crippen LogP contribution >= 0.6 is 15.9 Å². The molecule has 1 heterocycles. The van der Waals surface area contributed by atoms with E-state index in [9.17, 15) is 4.79 Å². The van der Waals surface area contributed by atoms with Crippen LogP contribution in [0.3, 0.4) is 0 Å². The van der Waals surface area contributed by atoms with Crippen molar-refractivity contribution in [2.75, 3.05) is 5.33 Å². The van der Waals surface area contributed by atoms with E-state index in [0.29, 0.717) is 11.8 Å². The summed E-state index contributed by atoms with van der Waals surface area (Å²) in [6.45, 7) is 2.15. The Hall–Kier alpha value is -1.16. The van der Waals surface area contributed by atoms with Gasteiger partial charge in [0.2, 0.25) is 0 Å². The van der Waals surface area contributed by atoms with Gasteiger partial charge in [0.05, 0.1) is 5.33 Å². The number of ketones is 1. The molecule has 0 unspecified atom stereocenters. The van der Waals surface area contributed by atoms with Crippen LogP contribution in [0.5, 0.6) is 0 Å². The van der Waals surface area contributed by atoms with E-state index in [1.54, 1.807) is 0 Å². The van der Waals surface area contributed by atoms with Gasteiger partial charge in [0.1, 0.15) is 11.3 Å². The van der Waals surface area contributed by atoms with Gasteiger partial charge in [0.25, 0.3) is 0 Å². The van der Waals surface area contributed by atoms with Gasteiger partial charge in [-0.3, -0.25) is 4.79 Å². The number of hydrogen-bond donors (Lipinski definition) is 0. The number of benzene rings is 1. The van der Waals surface area contributed by atoms with E-state index in [-0.39, 0.29) is 5.78 Å². The summed E-state index contributed by atoms with van der Waals surface area (Å²) in [6, 6.07) is 5.78. The van der Waals surface area contributed by atoms with E-state index in [4.69, 9.17) is 4.42 Å². The third-order valence-corrected chi connectivity index (χ3v) is 3.42. The molecule has 0 N–H and O–H groups in total. The number of halogens is 1. The molecule has 0 atom stereocenters. The van der Waals surface area contributed by atoms with Crippen LogP contribution in [0, 0.1) is 0 Å². The highest BCUT2D eigenvalue weighted by atomic mass is 79.9. The van der Waals surface area contributed by atoms with Gasteiger partial charge in [-0.15, -0.1) is 0 Å². The number of aromatic nitrogens is 1. The first-order valence-electron chi connectivity index (χ1n) is 6.19. The molecule has 0 fully saturated rings. The summed E-state index contributed by atoms with van der Waals surface area (Å²) in [5.74, 6) is 0.955. The van der Waals surface area contributed by atoms with Gasteiger partial charge >= 0.3 is 0 Å². The second-order valence-corrected chi connectivity index (χ2v) is 4.92. The molecule has 0 saturated heterocycles. The maximum Gasteiger partial charge on any atom is 0.195 e. The molecule has 3 nitrogen and oxygen atoms in total. The number of nitrogens with zero attached hydrogens (tertiary/aromatic N) is 1. The zero-order chi connectivity index (χ0) is 13.0. The van der Waals surface area contributed by atoms with Crippen LogP contribution in [0.1, 0.15) is 31.2 Å². The Balaban J connectivity index is 2.19. The Morgan fingerprint density at radius 1 is 1.44 bits per heavy atom. The molecule has 18 heavy (non-hydrogen) atoms. The molecule has 2 rings (SSSR count). The van der Waals surface area contributed by atoms with Crippen LogP contribution in [-0.2, 0) is 17.6 Å². The molecule has 4 heteroatoms. The van der Waals surface area contributed by atoms with Crippen LogP contribution in [0.25, 0.3) is 11.1 Å². The van der Waals surface area contributed by atoms with Crippen molar-refractivity contribution in [3.63, 3.8) is 0 Å². The fraction of sp³-hybridized carbons (Fsp3) is 0.429. The number of Topliss-reactive ketones (excluding diaryl/α,β-unsaturated/α-hetero) is 1. The van der Waals surface area contributed by atoms with E-state index < -0.39 is 0 Å². The Kier molecular flexibility index (Phi) is 4.53. The Morgan fingerprint density at radius 2 is 2.28 bits per heavy atom. The molecule has 0 aliphatic carbocycles. The summed E-state index contributed by atoms with van der Waals surface area (Å²) in [4.78, 5) is 15.8. The second-order valence-electron chi connectivity index (χ2n) is 4.36. The molecule has 0 spiro atoms. The van der Waals surface area contributed by atoms with Gasteiger partial charge in [0.15, 0.2) is 11.5 Å². The lowest BCUT2D eigenvalue weighted by Gasteiger charge is -1.97. The van der Waals surface area contributed by atoms with Crippen molar-refractivity contribution < 1.29 is 9.21 Å². The summed E-state index contributed by atoms with van der Waals surface area (Å²) in [5, 5.41) is 0.392. The van der Waals surface area contributed by atoms with E-state index in [1.165, 1.54) is 0 Å². The van der Waals surface area contributed by atoms with Crippen molar-refractivity contribution in [3.8, 4) is 0 Å². The minimum atomic E-state index is 0.167. The van der Waals surface area contributed by atoms with E-state index in [0.717, 1.165) is 41.8 Å². The van der Waals surface area contributed by atoms with Crippen molar-refractivity contribution >= 4 is 32.8 Å². The second kappa shape index (κ2) is 6.14. The molecular weight excluding hydrogens is 294 g/mol. The number of carbonyl (C=O) groups excluding carboxylic acids is 1. The summed E-state index contributed by atoms with van der Waals surface area (Å²) < 4.78 is 5.69. The first-order chi connectivity index (χ1) is 8.72. The largest absolute Gasteiger partial charge is 0.441 e. The third kappa shape index (κ3) is 3.19. The minimum absolute atomic E-state index is 0.167. The minimum Gasteiger partial charge on any atom is -0.441 e. The molecule has 0 amide bonds. The molecule has 1 aromatic carbocycles. The quantitative estimate of drug-likeness (QED) is 0.765.